The van der Waals surface area contributed by atoms with E-state index in [0.29, 0.717) is 5.56 Å². The molecule has 4 heteroatoms. The lowest BCUT2D eigenvalue weighted by Gasteiger charge is -2.21. The quantitative estimate of drug-likeness (QED) is 0.825. The fourth-order valence-electron chi connectivity index (χ4n) is 1.45. The topological polar surface area (TPSA) is 58.2 Å². The van der Waals surface area contributed by atoms with Crippen molar-refractivity contribution in [3.05, 3.63) is 35.9 Å². The molecule has 0 heterocycles. The van der Waals surface area contributed by atoms with Crippen LogP contribution in [0.15, 0.2) is 30.3 Å². The maximum absolute atomic E-state index is 11.8. The zero-order valence-corrected chi connectivity index (χ0v) is 10.4. The highest BCUT2D eigenvalue weighted by atomic mass is 16.2. The van der Waals surface area contributed by atoms with Crippen LogP contribution in [-0.4, -0.2) is 23.9 Å². The minimum Gasteiger partial charge on any atom is -0.352 e. The van der Waals surface area contributed by atoms with Gasteiger partial charge in [-0.1, -0.05) is 18.2 Å². The van der Waals surface area contributed by atoms with Gasteiger partial charge >= 0.3 is 0 Å². The molecular formula is C13H18N2O2. The minimum absolute atomic E-state index is 0.0971. The smallest absolute Gasteiger partial charge is 0.251 e. The Bertz CT molecular complexity index is 390. The number of rotatable bonds is 4. The summed E-state index contributed by atoms with van der Waals surface area (Å²) in [5.41, 5.74) is 0.620. The summed E-state index contributed by atoms with van der Waals surface area (Å²) in [5.74, 6) is -0.228. The molecule has 1 aromatic rings. The molecule has 1 rings (SSSR count). The zero-order chi connectivity index (χ0) is 12.8. The summed E-state index contributed by atoms with van der Waals surface area (Å²) in [4.78, 5) is 22.7. The van der Waals surface area contributed by atoms with Gasteiger partial charge in [0.2, 0.25) is 5.91 Å². The van der Waals surface area contributed by atoms with Crippen LogP contribution in [-0.2, 0) is 4.79 Å². The van der Waals surface area contributed by atoms with Gasteiger partial charge in [0.1, 0.15) is 0 Å². The van der Waals surface area contributed by atoms with Crippen molar-refractivity contribution in [3.63, 3.8) is 0 Å². The predicted molar refractivity (Wildman–Crippen MR) is 66.6 cm³/mol. The molecule has 2 unspecified atom stereocenters. The fraction of sp³-hybridized carbons (Fsp3) is 0.385. The van der Waals surface area contributed by atoms with Crippen molar-refractivity contribution in [1.29, 1.82) is 0 Å². The van der Waals surface area contributed by atoms with Gasteiger partial charge in [0, 0.05) is 24.6 Å². The number of carbonyl (C=O) groups excluding carboxylic acids is 2. The maximum Gasteiger partial charge on any atom is 0.251 e. The Morgan fingerprint density at radius 3 is 2.06 bits per heavy atom. The number of hydrogen-bond acceptors (Lipinski definition) is 2. The van der Waals surface area contributed by atoms with Gasteiger partial charge in [-0.2, -0.15) is 0 Å². The molecule has 0 aromatic heterocycles. The lowest BCUT2D eigenvalue weighted by Crippen LogP contribution is -2.48. The molecule has 2 amide bonds. The van der Waals surface area contributed by atoms with Crippen LogP contribution in [0.5, 0.6) is 0 Å². The third-order valence-corrected chi connectivity index (χ3v) is 2.58. The molecule has 1 aromatic carbocycles. The SMILES string of the molecule is CC(=O)NC(C)C(C)NC(=O)c1ccccc1. The summed E-state index contributed by atoms with van der Waals surface area (Å²) in [6.45, 7) is 5.18. The molecule has 0 saturated heterocycles. The highest BCUT2D eigenvalue weighted by Crippen LogP contribution is 2.00. The molecule has 2 N–H and O–H groups in total. The van der Waals surface area contributed by atoms with Crippen LogP contribution in [0.4, 0.5) is 0 Å². The van der Waals surface area contributed by atoms with Gasteiger partial charge in [0.15, 0.2) is 0 Å². The predicted octanol–water partition coefficient (Wildman–Crippen LogP) is 1.33. The van der Waals surface area contributed by atoms with Crippen molar-refractivity contribution in [2.45, 2.75) is 32.9 Å². The molecule has 0 bridgehead atoms. The van der Waals surface area contributed by atoms with Crippen molar-refractivity contribution < 1.29 is 9.59 Å². The molecule has 0 saturated carbocycles. The van der Waals surface area contributed by atoms with E-state index in [4.69, 9.17) is 0 Å². The molecule has 4 nitrogen and oxygen atoms in total. The van der Waals surface area contributed by atoms with E-state index >= 15 is 0 Å². The van der Waals surface area contributed by atoms with E-state index in [1.807, 2.05) is 32.0 Å². The molecular weight excluding hydrogens is 216 g/mol. The van der Waals surface area contributed by atoms with Crippen LogP contribution >= 0.6 is 0 Å². The number of amides is 2. The number of benzene rings is 1. The largest absolute Gasteiger partial charge is 0.352 e. The third-order valence-electron chi connectivity index (χ3n) is 2.58. The average Bonchev–Trinajstić information content (AvgIpc) is 2.29. The van der Waals surface area contributed by atoms with Crippen molar-refractivity contribution in [2.75, 3.05) is 0 Å². The van der Waals surface area contributed by atoms with Gasteiger partial charge in [0.25, 0.3) is 5.91 Å². The Morgan fingerprint density at radius 1 is 1.00 bits per heavy atom. The van der Waals surface area contributed by atoms with Crippen LogP contribution in [0.25, 0.3) is 0 Å². The lowest BCUT2D eigenvalue weighted by atomic mass is 10.1. The van der Waals surface area contributed by atoms with E-state index < -0.39 is 0 Å². The Kier molecular flexibility index (Phi) is 4.69. The van der Waals surface area contributed by atoms with Crippen LogP contribution in [0.1, 0.15) is 31.1 Å². The Hall–Kier alpha value is -1.84. The van der Waals surface area contributed by atoms with E-state index in [-0.39, 0.29) is 23.9 Å². The van der Waals surface area contributed by atoms with Crippen molar-refractivity contribution in [2.24, 2.45) is 0 Å². The second-order valence-corrected chi connectivity index (χ2v) is 4.12. The first-order chi connectivity index (χ1) is 8.00. The van der Waals surface area contributed by atoms with Crippen LogP contribution in [0.3, 0.4) is 0 Å². The van der Waals surface area contributed by atoms with Crippen LogP contribution in [0.2, 0.25) is 0 Å². The minimum atomic E-state index is -0.129. The van der Waals surface area contributed by atoms with Gasteiger partial charge in [-0.3, -0.25) is 9.59 Å². The lowest BCUT2D eigenvalue weighted by molar-refractivity contribution is -0.119. The first kappa shape index (κ1) is 13.2. The molecule has 0 spiro atoms. The Labute approximate surface area is 101 Å². The normalized spacial score (nSPS) is 13.6. The van der Waals surface area contributed by atoms with E-state index in [1.54, 1.807) is 12.1 Å². The molecule has 2 atom stereocenters. The third kappa shape index (κ3) is 4.26. The zero-order valence-electron chi connectivity index (χ0n) is 10.4. The summed E-state index contributed by atoms with van der Waals surface area (Å²) in [7, 11) is 0. The average molecular weight is 234 g/mol. The van der Waals surface area contributed by atoms with Gasteiger partial charge in [-0.05, 0) is 26.0 Å². The summed E-state index contributed by atoms with van der Waals surface area (Å²) in [6, 6.07) is 8.79. The van der Waals surface area contributed by atoms with Crippen molar-refractivity contribution in [1.82, 2.24) is 10.6 Å². The summed E-state index contributed by atoms with van der Waals surface area (Å²) in [6.07, 6.45) is 0. The number of carbonyl (C=O) groups is 2. The van der Waals surface area contributed by atoms with Gasteiger partial charge in [-0.15, -0.1) is 0 Å². The van der Waals surface area contributed by atoms with Gasteiger partial charge in [-0.25, -0.2) is 0 Å². The van der Waals surface area contributed by atoms with E-state index in [2.05, 4.69) is 10.6 Å². The molecule has 0 radical (unpaired) electrons. The molecule has 0 aliphatic rings. The molecule has 92 valence electrons. The standard InChI is InChI=1S/C13H18N2O2/c1-9(14-11(3)16)10(2)15-13(17)12-7-5-4-6-8-12/h4-10H,1-3H3,(H,14,16)(H,15,17). The van der Waals surface area contributed by atoms with E-state index in [1.165, 1.54) is 6.92 Å². The molecule has 0 aliphatic carbocycles. The first-order valence-corrected chi connectivity index (χ1v) is 5.63. The number of hydrogen-bond donors (Lipinski definition) is 2. The van der Waals surface area contributed by atoms with E-state index in [9.17, 15) is 9.59 Å². The maximum atomic E-state index is 11.8. The summed E-state index contributed by atoms with van der Waals surface area (Å²) in [5, 5.41) is 5.59. The van der Waals surface area contributed by atoms with Gasteiger partial charge < -0.3 is 10.6 Å². The second-order valence-electron chi connectivity index (χ2n) is 4.12. The van der Waals surface area contributed by atoms with Crippen molar-refractivity contribution >= 4 is 11.8 Å². The van der Waals surface area contributed by atoms with E-state index in [0.717, 1.165) is 0 Å². The monoisotopic (exact) mass is 234 g/mol. The molecule has 0 fully saturated rings. The molecule has 0 aliphatic heterocycles. The van der Waals surface area contributed by atoms with Gasteiger partial charge in [0.05, 0.1) is 0 Å². The van der Waals surface area contributed by atoms with Crippen LogP contribution < -0.4 is 10.6 Å². The Balaban J connectivity index is 2.54. The molecule has 17 heavy (non-hydrogen) atoms. The summed E-state index contributed by atoms with van der Waals surface area (Å²) < 4.78 is 0. The first-order valence-electron chi connectivity index (χ1n) is 5.63. The highest BCUT2D eigenvalue weighted by Gasteiger charge is 2.15. The number of nitrogens with one attached hydrogen (secondary N) is 2. The Morgan fingerprint density at radius 2 is 1.53 bits per heavy atom. The highest BCUT2D eigenvalue weighted by molar-refractivity contribution is 5.94. The van der Waals surface area contributed by atoms with Crippen LogP contribution in [0, 0.1) is 0 Å². The summed E-state index contributed by atoms with van der Waals surface area (Å²) >= 11 is 0. The fourth-order valence-corrected chi connectivity index (χ4v) is 1.45. The van der Waals surface area contributed by atoms with Crippen molar-refractivity contribution in [3.8, 4) is 0 Å². The second kappa shape index (κ2) is 6.03.